The number of pyridine rings is 1. The van der Waals surface area contributed by atoms with Gasteiger partial charge in [-0.2, -0.15) is 8.42 Å². The van der Waals surface area contributed by atoms with Crippen molar-refractivity contribution >= 4 is 43.3 Å². The first-order valence-corrected chi connectivity index (χ1v) is 10.3. The van der Waals surface area contributed by atoms with Crippen molar-refractivity contribution in [2.75, 3.05) is 0 Å². The van der Waals surface area contributed by atoms with E-state index in [1.807, 2.05) is 28.8 Å². The molecule has 0 amide bonds. The summed E-state index contributed by atoms with van der Waals surface area (Å²) in [5.74, 6) is -0.481. The molecule has 0 fully saturated rings. The summed E-state index contributed by atoms with van der Waals surface area (Å²) in [4.78, 5) is 7.13. The van der Waals surface area contributed by atoms with Crippen LogP contribution in [0.3, 0.4) is 0 Å². The number of aromatic nitrogens is 2. The third-order valence-electron chi connectivity index (χ3n) is 4.80. The predicted octanol–water partition coefficient (Wildman–Crippen LogP) is 3.97. The molecule has 0 saturated carbocycles. The van der Waals surface area contributed by atoms with Crippen molar-refractivity contribution in [1.29, 1.82) is 5.39 Å². The summed E-state index contributed by atoms with van der Waals surface area (Å²) in [5.41, 5.74) is 1.71. The fourth-order valence-electron chi connectivity index (χ4n) is 3.45. The molecular weight excluding hydrogens is 404 g/mol. The van der Waals surface area contributed by atoms with E-state index in [1.54, 1.807) is 24.3 Å². The highest BCUT2D eigenvalue weighted by Crippen LogP contribution is 2.38. The van der Waals surface area contributed by atoms with Crippen LogP contribution in [0.1, 0.15) is 0 Å². The van der Waals surface area contributed by atoms with E-state index < -0.39 is 15.9 Å². The molecule has 8 nitrogen and oxygen atoms in total. The Kier molecular flexibility index (Phi) is 3.84. The number of benzene rings is 3. The minimum absolute atomic E-state index is 0.0888. The van der Waals surface area contributed by atoms with Gasteiger partial charge in [-0.3, -0.25) is 4.40 Å². The molecule has 0 spiro atoms. The largest absolute Gasteiger partial charge is 0.867 e. The minimum atomic E-state index is -4.33. The molecule has 30 heavy (non-hydrogen) atoms. The summed E-state index contributed by atoms with van der Waals surface area (Å²) >= 11 is 0. The fourth-order valence-corrected chi connectivity index (χ4v) is 4.60. The second-order valence-corrected chi connectivity index (χ2v) is 8.11. The molecule has 5 rings (SSSR count). The van der Waals surface area contributed by atoms with E-state index in [0.717, 1.165) is 11.7 Å². The van der Waals surface area contributed by atoms with Crippen LogP contribution in [0.15, 0.2) is 77.8 Å². The normalized spacial score (nSPS) is 11.7. The average molecular weight is 416 g/mol. The highest BCUT2D eigenvalue weighted by molar-refractivity contribution is 7.87. The molecule has 0 radical (unpaired) electrons. The van der Waals surface area contributed by atoms with Gasteiger partial charge < -0.3 is 9.29 Å². The molecule has 5 aromatic rings. The maximum absolute atomic E-state index is 13.1. The Hall–Kier alpha value is -4.16. The van der Waals surface area contributed by atoms with Gasteiger partial charge in [0.2, 0.25) is 5.39 Å². The molecule has 0 atom stereocenters. The zero-order chi connectivity index (χ0) is 20.9. The SMILES string of the molecule is N#[N+]c1cc(S(=O)(=O)Oc2ccc3nc4ccccn4c3c2)c2ccccc2c1[O-]. The Bertz CT molecular complexity index is 1620. The molecular formula is C21H12N4O4S. The smallest absolute Gasteiger partial charge is 0.379 e. The Morgan fingerprint density at radius 3 is 2.57 bits per heavy atom. The van der Waals surface area contributed by atoms with Crippen molar-refractivity contribution in [3.8, 4) is 11.5 Å². The van der Waals surface area contributed by atoms with Crippen molar-refractivity contribution in [2.45, 2.75) is 4.90 Å². The van der Waals surface area contributed by atoms with Gasteiger partial charge in [0.1, 0.15) is 16.3 Å². The monoisotopic (exact) mass is 416 g/mol. The van der Waals surface area contributed by atoms with Gasteiger partial charge in [0.15, 0.2) is 4.98 Å². The Labute approximate surface area is 170 Å². The number of nitrogens with zero attached hydrogens (tertiary/aromatic N) is 4. The molecule has 2 heterocycles. The molecule has 9 heteroatoms. The standard InChI is InChI=1S/C21H12N4O4S/c22-24-17-12-19(14-5-1-2-6-15(14)21(17)26)30(27,28)29-13-8-9-16-18(11-13)25-10-4-3-7-20(25)23-16/h1-12H. The van der Waals surface area contributed by atoms with Crippen LogP contribution in [-0.2, 0) is 10.1 Å². The number of hydrogen-bond donors (Lipinski definition) is 0. The lowest BCUT2D eigenvalue weighted by Crippen LogP contribution is -2.11. The first-order valence-electron chi connectivity index (χ1n) is 8.87. The van der Waals surface area contributed by atoms with E-state index in [-0.39, 0.29) is 27.1 Å². The molecule has 0 unspecified atom stereocenters. The Morgan fingerprint density at radius 1 is 1.00 bits per heavy atom. The van der Waals surface area contributed by atoms with Gasteiger partial charge in [-0.05, 0) is 35.4 Å². The van der Waals surface area contributed by atoms with Crippen LogP contribution in [0.2, 0.25) is 0 Å². The highest BCUT2D eigenvalue weighted by atomic mass is 32.2. The molecule has 146 valence electrons. The van der Waals surface area contributed by atoms with E-state index in [4.69, 9.17) is 9.58 Å². The average Bonchev–Trinajstić information content (AvgIpc) is 3.12. The zero-order valence-electron chi connectivity index (χ0n) is 15.3. The van der Waals surface area contributed by atoms with Crippen molar-refractivity contribution in [1.82, 2.24) is 9.38 Å². The van der Waals surface area contributed by atoms with Crippen LogP contribution in [0, 0.1) is 5.39 Å². The van der Waals surface area contributed by atoms with E-state index in [0.29, 0.717) is 11.0 Å². The van der Waals surface area contributed by atoms with Gasteiger partial charge in [-0.1, -0.05) is 30.3 Å². The maximum atomic E-state index is 13.1. The minimum Gasteiger partial charge on any atom is -0.867 e. The first-order chi connectivity index (χ1) is 14.5. The lowest BCUT2D eigenvalue weighted by Gasteiger charge is -2.12. The quantitative estimate of drug-likeness (QED) is 0.325. The number of hydrogen-bond acceptors (Lipinski definition) is 6. The van der Waals surface area contributed by atoms with Crippen molar-refractivity contribution < 1.29 is 17.7 Å². The van der Waals surface area contributed by atoms with Crippen LogP contribution in [0.25, 0.3) is 32.4 Å². The van der Waals surface area contributed by atoms with E-state index in [1.165, 1.54) is 18.2 Å². The number of imidazole rings is 1. The van der Waals surface area contributed by atoms with Crippen molar-refractivity contribution in [3.63, 3.8) is 0 Å². The van der Waals surface area contributed by atoms with E-state index in [2.05, 4.69) is 9.96 Å². The van der Waals surface area contributed by atoms with Gasteiger partial charge in [-0.25, -0.2) is 4.98 Å². The van der Waals surface area contributed by atoms with Gasteiger partial charge in [0.05, 0.1) is 17.1 Å². The maximum Gasteiger partial charge on any atom is 0.379 e. The molecule has 2 aromatic heterocycles. The van der Waals surface area contributed by atoms with Crippen LogP contribution in [0.5, 0.6) is 11.5 Å². The number of rotatable bonds is 3. The van der Waals surface area contributed by atoms with Crippen molar-refractivity contribution in [3.05, 3.63) is 77.9 Å². The molecule has 0 bridgehead atoms. The van der Waals surface area contributed by atoms with Gasteiger partial charge in [0, 0.05) is 17.6 Å². The van der Waals surface area contributed by atoms with Gasteiger partial charge in [0.25, 0.3) is 0 Å². The number of fused-ring (bicyclic) bond motifs is 4. The molecule has 0 aliphatic carbocycles. The fraction of sp³-hybridized carbons (Fsp3) is 0. The summed E-state index contributed by atoms with van der Waals surface area (Å²) < 4.78 is 33.3. The summed E-state index contributed by atoms with van der Waals surface area (Å²) in [6, 6.07) is 17.5. The van der Waals surface area contributed by atoms with Gasteiger partial charge >= 0.3 is 15.8 Å². The summed E-state index contributed by atoms with van der Waals surface area (Å²) in [6.07, 6.45) is 1.82. The third-order valence-corrected chi connectivity index (χ3v) is 6.09. The van der Waals surface area contributed by atoms with Crippen LogP contribution < -0.4 is 9.29 Å². The molecule has 0 aliphatic heterocycles. The molecule has 0 aliphatic rings. The summed E-state index contributed by atoms with van der Waals surface area (Å²) in [7, 11) is -4.33. The lowest BCUT2D eigenvalue weighted by molar-refractivity contribution is -0.264. The van der Waals surface area contributed by atoms with Gasteiger partial charge in [-0.15, -0.1) is 0 Å². The van der Waals surface area contributed by atoms with Crippen LogP contribution >= 0.6 is 0 Å². The number of diazo groups is 1. The van der Waals surface area contributed by atoms with Crippen LogP contribution in [0.4, 0.5) is 5.69 Å². The summed E-state index contributed by atoms with van der Waals surface area (Å²) in [5, 5.41) is 21.8. The lowest BCUT2D eigenvalue weighted by atomic mass is 10.1. The summed E-state index contributed by atoms with van der Waals surface area (Å²) in [6.45, 7) is 0. The van der Waals surface area contributed by atoms with Crippen molar-refractivity contribution in [2.24, 2.45) is 0 Å². The third kappa shape index (κ3) is 2.70. The molecule has 3 aromatic carbocycles. The Morgan fingerprint density at radius 2 is 1.77 bits per heavy atom. The second kappa shape index (κ2) is 6.43. The molecule has 0 saturated heterocycles. The highest BCUT2D eigenvalue weighted by Gasteiger charge is 2.25. The first kappa shape index (κ1) is 17.9. The Balaban J connectivity index is 1.66. The van der Waals surface area contributed by atoms with E-state index in [9.17, 15) is 13.5 Å². The molecule has 0 N–H and O–H groups in total. The van der Waals surface area contributed by atoms with Crippen LogP contribution in [-0.4, -0.2) is 17.8 Å². The topological polar surface area (TPSA) is 112 Å². The second-order valence-electron chi connectivity index (χ2n) is 6.60. The predicted molar refractivity (Wildman–Crippen MR) is 109 cm³/mol. The zero-order valence-corrected chi connectivity index (χ0v) is 16.1. The van der Waals surface area contributed by atoms with E-state index >= 15 is 0 Å².